The number of hydrogen-bond acceptors (Lipinski definition) is 3. The molecule has 0 aliphatic heterocycles. The second-order valence-electron chi connectivity index (χ2n) is 3.21. The lowest BCUT2D eigenvalue weighted by atomic mass is 10.2. The van der Waals surface area contributed by atoms with Crippen LogP contribution in [0.15, 0.2) is 42.7 Å². The molecule has 0 spiro atoms. The first-order valence-corrected chi connectivity index (χ1v) is 5.16. The molecular formula is C12H8ClNO3. The number of aromatic nitrogens is 1. The third-order valence-electron chi connectivity index (χ3n) is 2.07. The van der Waals surface area contributed by atoms with E-state index in [0.29, 0.717) is 10.8 Å². The number of benzene rings is 1. The molecule has 1 N–H and O–H groups in total. The Bertz CT molecular complexity index is 557. The number of ether oxygens (including phenoxy) is 1. The lowest BCUT2D eigenvalue weighted by molar-refractivity contribution is 0.0694. The summed E-state index contributed by atoms with van der Waals surface area (Å²) in [5.74, 6) is -0.521. The normalized spacial score (nSPS) is 9.94. The number of pyridine rings is 1. The zero-order valence-electron chi connectivity index (χ0n) is 8.63. The number of carboxylic acid groups (broad SMARTS) is 1. The Kier molecular flexibility index (Phi) is 3.25. The van der Waals surface area contributed by atoms with Gasteiger partial charge in [-0.15, -0.1) is 0 Å². The fraction of sp³-hybridized carbons (Fsp3) is 0. The first-order chi connectivity index (χ1) is 8.18. The van der Waals surface area contributed by atoms with Gasteiger partial charge < -0.3 is 9.84 Å². The van der Waals surface area contributed by atoms with Gasteiger partial charge in [0.05, 0.1) is 11.2 Å². The molecule has 0 aliphatic rings. The first kappa shape index (κ1) is 11.4. The quantitative estimate of drug-likeness (QED) is 0.907. The molecule has 1 heterocycles. The van der Waals surface area contributed by atoms with E-state index in [1.54, 1.807) is 24.3 Å². The Morgan fingerprint density at radius 3 is 2.71 bits per heavy atom. The number of carbonyl (C=O) groups is 1. The average Bonchev–Trinajstić information content (AvgIpc) is 2.32. The highest BCUT2D eigenvalue weighted by molar-refractivity contribution is 6.32. The van der Waals surface area contributed by atoms with E-state index in [-0.39, 0.29) is 11.3 Å². The Labute approximate surface area is 102 Å². The van der Waals surface area contributed by atoms with Crippen molar-refractivity contribution >= 4 is 17.6 Å². The summed E-state index contributed by atoms with van der Waals surface area (Å²) in [7, 11) is 0. The molecule has 86 valence electrons. The van der Waals surface area contributed by atoms with Crippen LogP contribution in [-0.4, -0.2) is 16.1 Å². The van der Waals surface area contributed by atoms with Crippen molar-refractivity contribution in [1.82, 2.24) is 4.98 Å². The monoisotopic (exact) mass is 249 g/mol. The van der Waals surface area contributed by atoms with Crippen LogP contribution >= 0.6 is 11.6 Å². The minimum Gasteiger partial charge on any atom is -0.478 e. The SMILES string of the molecule is O=C(O)c1ccncc1Oc1ccccc1Cl. The van der Waals surface area contributed by atoms with Crippen molar-refractivity contribution in [1.29, 1.82) is 0 Å². The Hall–Kier alpha value is -2.07. The maximum atomic E-state index is 11.0. The largest absolute Gasteiger partial charge is 0.478 e. The van der Waals surface area contributed by atoms with Gasteiger partial charge in [0.2, 0.25) is 0 Å². The minimum absolute atomic E-state index is 0.0416. The lowest BCUT2D eigenvalue weighted by Crippen LogP contribution is -2.00. The molecule has 4 nitrogen and oxygen atoms in total. The first-order valence-electron chi connectivity index (χ1n) is 4.78. The van der Waals surface area contributed by atoms with Crippen LogP contribution in [0.4, 0.5) is 0 Å². The van der Waals surface area contributed by atoms with Crippen molar-refractivity contribution in [3.8, 4) is 11.5 Å². The summed E-state index contributed by atoms with van der Waals surface area (Å²) >= 11 is 5.91. The van der Waals surface area contributed by atoms with E-state index in [2.05, 4.69) is 4.98 Å². The highest BCUT2D eigenvalue weighted by Crippen LogP contribution is 2.30. The fourth-order valence-corrected chi connectivity index (χ4v) is 1.46. The summed E-state index contributed by atoms with van der Waals surface area (Å²) in [4.78, 5) is 14.8. The van der Waals surface area contributed by atoms with Crippen molar-refractivity contribution in [2.75, 3.05) is 0 Å². The molecule has 0 fully saturated rings. The zero-order chi connectivity index (χ0) is 12.3. The summed E-state index contributed by atoms with van der Waals surface area (Å²) in [6, 6.07) is 8.19. The van der Waals surface area contributed by atoms with Gasteiger partial charge in [0.25, 0.3) is 0 Å². The van der Waals surface area contributed by atoms with Crippen molar-refractivity contribution in [3.63, 3.8) is 0 Å². The van der Waals surface area contributed by atoms with Crippen LogP contribution in [-0.2, 0) is 0 Å². The lowest BCUT2D eigenvalue weighted by Gasteiger charge is -2.08. The van der Waals surface area contributed by atoms with Crippen LogP contribution in [0.2, 0.25) is 5.02 Å². The van der Waals surface area contributed by atoms with Crippen LogP contribution in [0.25, 0.3) is 0 Å². The summed E-state index contributed by atoms with van der Waals surface area (Å²) in [6.45, 7) is 0. The van der Waals surface area contributed by atoms with Crippen LogP contribution in [0.5, 0.6) is 11.5 Å². The van der Waals surface area contributed by atoms with E-state index >= 15 is 0 Å². The smallest absolute Gasteiger partial charge is 0.339 e. The molecule has 17 heavy (non-hydrogen) atoms. The second kappa shape index (κ2) is 4.84. The van der Waals surface area contributed by atoms with E-state index in [0.717, 1.165) is 0 Å². The van der Waals surface area contributed by atoms with Crippen LogP contribution in [0.1, 0.15) is 10.4 Å². The van der Waals surface area contributed by atoms with E-state index in [9.17, 15) is 4.79 Å². The molecular weight excluding hydrogens is 242 g/mol. The molecule has 5 heteroatoms. The van der Waals surface area contributed by atoms with Crippen molar-refractivity contribution < 1.29 is 14.6 Å². The van der Waals surface area contributed by atoms with Gasteiger partial charge in [0.1, 0.15) is 11.3 Å². The van der Waals surface area contributed by atoms with Crippen LogP contribution in [0.3, 0.4) is 0 Å². The number of aromatic carboxylic acids is 1. The number of para-hydroxylation sites is 1. The van der Waals surface area contributed by atoms with Gasteiger partial charge in [-0.05, 0) is 18.2 Å². The number of rotatable bonds is 3. The zero-order valence-corrected chi connectivity index (χ0v) is 9.39. The van der Waals surface area contributed by atoms with Gasteiger partial charge in [-0.1, -0.05) is 23.7 Å². The van der Waals surface area contributed by atoms with Gasteiger partial charge in [0.15, 0.2) is 5.75 Å². The van der Waals surface area contributed by atoms with E-state index in [1.165, 1.54) is 18.5 Å². The van der Waals surface area contributed by atoms with Gasteiger partial charge in [0, 0.05) is 6.20 Å². The van der Waals surface area contributed by atoms with Crippen LogP contribution in [0, 0.1) is 0 Å². The molecule has 1 aromatic carbocycles. The third-order valence-corrected chi connectivity index (χ3v) is 2.38. The molecule has 0 atom stereocenters. The molecule has 2 rings (SSSR count). The maximum absolute atomic E-state index is 11.0. The predicted molar refractivity (Wildman–Crippen MR) is 62.7 cm³/mol. The topological polar surface area (TPSA) is 59.4 Å². The van der Waals surface area contributed by atoms with E-state index < -0.39 is 5.97 Å². The Morgan fingerprint density at radius 1 is 1.24 bits per heavy atom. The van der Waals surface area contributed by atoms with Gasteiger partial charge in [-0.3, -0.25) is 4.98 Å². The summed E-state index contributed by atoms with van der Waals surface area (Å²) in [5.41, 5.74) is 0.0416. The molecule has 1 aromatic heterocycles. The number of hydrogen-bond donors (Lipinski definition) is 1. The minimum atomic E-state index is -1.07. The van der Waals surface area contributed by atoms with Crippen LogP contribution < -0.4 is 4.74 Å². The molecule has 0 saturated heterocycles. The summed E-state index contributed by atoms with van der Waals surface area (Å²) in [6.07, 6.45) is 2.73. The highest BCUT2D eigenvalue weighted by Gasteiger charge is 2.12. The molecule has 2 aromatic rings. The molecule has 0 radical (unpaired) electrons. The predicted octanol–water partition coefficient (Wildman–Crippen LogP) is 3.23. The van der Waals surface area contributed by atoms with Crippen molar-refractivity contribution in [3.05, 3.63) is 53.3 Å². The second-order valence-corrected chi connectivity index (χ2v) is 3.62. The van der Waals surface area contributed by atoms with Crippen molar-refractivity contribution in [2.24, 2.45) is 0 Å². The molecule has 0 bridgehead atoms. The summed E-state index contributed by atoms with van der Waals surface area (Å²) < 4.78 is 5.43. The number of nitrogens with zero attached hydrogens (tertiary/aromatic N) is 1. The van der Waals surface area contributed by atoms with Gasteiger partial charge in [-0.2, -0.15) is 0 Å². The summed E-state index contributed by atoms with van der Waals surface area (Å²) in [5, 5.41) is 9.38. The molecule has 0 unspecified atom stereocenters. The van der Waals surface area contributed by atoms with Gasteiger partial charge >= 0.3 is 5.97 Å². The molecule has 0 aliphatic carbocycles. The number of halogens is 1. The van der Waals surface area contributed by atoms with Crippen molar-refractivity contribution in [2.45, 2.75) is 0 Å². The van der Waals surface area contributed by atoms with E-state index in [4.69, 9.17) is 21.4 Å². The molecule has 0 saturated carbocycles. The van der Waals surface area contributed by atoms with E-state index in [1.807, 2.05) is 0 Å². The van der Waals surface area contributed by atoms with Gasteiger partial charge in [-0.25, -0.2) is 4.79 Å². The standard InChI is InChI=1S/C12H8ClNO3/c13-9-3-1-2-4-10(9)17-11-7-14-6-5-8(11)12(15)16/h1-7H,(H,15,16). The highest BCUT2D eigenvalue weighted by atomic mass is 35.5. The maximum Gasteiger partial charge on any atom is 0.339 e. The molecule has 0 amide bonds. The Balaban J connectivity index is 2.37. The third kappa shape index (κ3) is 2.54. The fourth-order valence-electron chi connectivity index (χ4n) is 1.28. The average molecular weight is 250 g/mol. The number of carboxylic acids is 1. The Morgan fingerprint density at radius 2 is 2.00 bits per heavy atom.